The largest absolute Gasteiger partial charge is 0.367 e. The average Bonchev–Trinajstić information content (AvgIpc) is 3.29. The molecule has 0 bridgehead atoms. The molecule has 0 aliphatic carbocycles. The van der Waals surface area contributed by atoms with E-state index in [0.717, 1.165) is 5.82 Å². The Morgan fingerprint density at radius 2 is 2.19 bits per heavy atom. The molecule has 8 nitrogen and oxygen atoms in total. The molecule has 0 unspecified atom stereocenters. The number of carbonyl (C=O) groups is 1. The highest BCUT2D eigenvalue weighted by Gasteiger charge is 2.40. The van der Waals surface area contributed by atoms with Gasteiger partial charge < -0.3 is 14.8 Å². The topological polar surface area (TPSA) is 91.2 Å². The molecule has 1 aliphatic rings. The minimum atomic E-state index is -0.0995. The predicted octanol–water partition coefficient (Wildman–Crippen LogP) is 1.57. The molecule has 0 spiro atoms. The number of carbonyl (C=O) groups excluding carboxylic acids is 1. The van der Waals surface area contributed by atoms with Crippen LogP contribution in [0.5, 0.6) is 0 Å². The molecule has 3 aromatic heterocycles. The summed E-state index contributed by atoms with van der Waals surface area (Å²) >= 11 is 0. The minimum absolute atomic E-state index is 0.0463. The second-order valence-electron chi connectivity index (χ2n) is 6.54. The summed E-state index contributed by atoms with van der Waals surface area (Å²) in [4.78, 5) is 22.9. The number of hydrogen-bond acceptors (Lipinski definition) is 5. The second-order valence-corrected chi connectivity index (χ2v) is 6.54. The van der Waals surface area contributed by atoms with E-state index in [0.29, 0.717) is 30.1 Å². The van der Waals surface area contributed by atoms with Gasteiger partial charge in [0.05, 0.1) is 6.04 Å². The summed E-state index contributed by atoms with van der Waals surface area (Å²) in [7, 11) is 3.74. The van der Waals surface area contributed by atoms with E-state index in [1.165, 1.54) is 0 Å². The summed E-state index contributed by atoms with van der Waals surface area (Å²) in [6.07, 6.45) is 5.88. The Balaban J connectivity index is 1.60. The number of imidazole rings is 2. The van der Waals surface area contributed by atoms with Crippen molar-refractivity contribution in [1.29, 1.82) is 5.26 Å². The molecule has 8 heteroatoms. The molecule has 4 heterocycles. The molecule has 3 aromatic rings. The van der Waals surface area contributed by atoms with Gasteiger partial charge in [-0.2, -0.15) is 5.26 Å². The number of anilines is 1. The smallest absolute Gasteiger partial charge is 0.223 e. The molecule has 0 aromatic carbocycles. The number of likely N-dealkylation sites (tertiary alicyclic amines) is 1. The highest BCUT2D eigenvalue weighted by molar-refractivity contribution is 5.79. The molecular formula is C18H19N7O. The van der Waals surface area contributed by atoms with Crippen LogP contribution in [0.1, 0.15) is 24.0 Å². The van der Waals surface area contributed by atoms with Crippen molar-refractivity contribution in [2.24, 2.45) is 13.0 Å². The molecule has 1 N–H and O–H groups in total. The number of amides is 1. The van der Waals surface area contributed by atoms with Gasteiger partial charge in [0.1, 0.15) is 17.5 Å². The minimum Gasteiger partial charge on any atom is -0.367 e. The van der Waals surface area contributed by atoms with Gasteiger partial charge in [0.15, 0.2) is 11.5 Å². The maximum Gasteiger partial charge on any atom is 0.223 e. The molecule has 26 heavy (non-hydrogen) atoms. The maximum absolute atomic E-state index is 12.3. The lowest BCUT2D eigenvalue weighted by Gasteiger charge is -2.24. The number of nitrogens with one attached hydrogen (secondary N) is 1. The highest BCUT2D eigenvalue weighted by Crippen LogP contribution is 2.36. The van der Waals surface area contributed by atoms with E-state index in [-0.39, 0.29) is 17.9 Å². The first-order valence-electron chi connectivity index (χ1n) is 8.44. The van der Waals surface area contributed by atoms with Gasteiger partial charge in [0.2, 0.25) is 5.91 Å². The normalized spacial score (nSPS) is 19.9. The fourth-order valence-corrected chi connectivity index (χ4v) is 3.63. The number of pyridine rings is 1. The van der Waals surface area contributed by atoms with Gasteiger partial charge in [-0.05, 0) is 12.1 Å². The molecule has 0 radical (unpaired) electrons. The van der Waals surface area contributed by atoms with Crippen molar-refractivity contribution in [3.05, 3.63) is 48.3 Å². The van der Waals surface area contributed by atoms with E-state index < -0.39 is 0 Å². The lowest BCUT2D eigenvalue weighted by atomic mass is 9.99. The summed E-state index contributed by atoms with van der Waals surface area (Å²) in [6, 6.07) is 7.71. The number of fused-ring (bicyclic) bond motifs is 1. The van der Waals surface area contributed by atoms with E-state index in [9.17, 15) is 10.1 Å². The zero-order valence-electron chi connectivity index (χ0n) is 14.6. The van der Waals surface area contributed by atoms with Crippen LogP contribution < -0.4 is 5.32 Å². The zero-order chi connectivity index (χ0) is 18.3. The van der Waals surface area contributed by atoms with Crippen LogP contribution in [-0.2, 0) is 11.8 Å². The Kier molecular flexibility index (Phi) is 3.84. The van der Waals surface area contributed by atoms with E-state index >= 15 is 0 Å². The van der Waals surface area contributed by atoms with Gasteiger partial charge in [-0.1, -0.05) is 6.07 Å². The summed E-state index contributed by atoms with van der Waals surface area (Å²) in [5.74, 6) is 1.55. The van der Waals surface area contributed by atoms with Crippen molar-refractivity contribution in [2.75, 3.05) is 18.9 Å². The van der Waals surface area contributed by atoms with E-state index in [1.54, 1.807) is 15.5 Å². The fourth-order valence-electron chi connectivity index (χ4n) is 3.63. The lowest BCUT2D eigenvalue weighted by Crippen LogP contribution is -2.28. The van der Waals surface area contributed by atoms with Gasteiger partial charge in [-0.25, -0.2) is 9.97 Å². The molecule has 1 saturated heterocycles. The van der Waals surface area contributed by atoms with Crippen LogP contribution in [0, 0.1) is 17.2 Å². The second kappa shape index (κ2) is 6.19. The van der Waals surface area contributed by atoms with Crippen molar-refractivity contribution < 1.29 is 4.79 Å². The Morgan fingerprint density at radius 3 is 2.92 bits per heavy atom. The third-order valence-electron chi connectivity index (χ3n) is 4.98. The van der Waals surface area contributed by atoms with Crippen molar-refractivity contribution in [3.8, 4) is 6.07 Å². The first kappa shape index (κ1) is 16.1. The molecular weight excluding hydrogens is 330 g/mol. The molecule has 1 fully saturated rings. The zero-order valence-corrected chi connectivity index (χ0v) is 14.6. The molecule has 1 amide bonds. The number of nitriles is 1. The number of aryl methyl sites for hydroxylation is 1. The van der Waals surface area contributed by atoms with Crippen LogP contribution in [0.25, 0.3) is 5.65 Å². The number of hydrogen-bond donors (Lipinski definition) is 1. The first-order chi connectivity index (χ1) is 12.6. The van der Waals surface area contributed by atoms with Gasteiger partial charge in [0, 0.05) is 51.6 Å². The highest BCUT2D eigenvalue weighted by atomic mass is 16.2. The van der Waals surface area contributed by atoms with Gasteiger partial charge in [0.25, 0.3) is 0 Å². The van der Waals surface area contributed by atoms with E-state index in [1.807, 2.05) is 49.3 Å². The molecule has 132 valence electrons. The van der Waals surface area contributed by atoms with Crippen molar-refractivity contribution in [2.45, 2.75) is 12.5 Å². The third kappa shape index (κ3) is 2.49. The van der Waals surface area contributed by atoms with Gasteiger partial charge in [-0.3, -0.25) is 9.20 Å². The number of aromatic nitrogens is 4. The molecule has 2 atom stereocenters. The van der Waals surface area contributed by atoms with Crippen LogP contribution in [0.15, 0.2) is 36.8 Å². The first-order valence-corrected chi connectivity index (χ1v) is 8.44. The summed E-state index contributed by atoms with van der Waals surface area (Å²) in [6.45, 7) is 0.534. The monoisotopic (exact) mass is 349 g/mol. The van der Waals surface area contributed by atoms with E-state index in [4.69, 9.17) is 0 Å². The van der Waals surface area contributed by atoms with Crippen LogP contribution in [0.2, 0.25) is 0 Å². The Labute approximate surface area is 150 Å². The van der Waals surface area contributed by atoms with Crippen LogP contribution in [0.3, 0.4) is 0 Å². The quantitative estimate of drug-likeness (QED) is 0.772. The molecule has 4 rings (SSSR count). The standard InChI is InChI=1S/C18H19N7O/c1-23-8-6-20-18(23)16-12(9-15(26)24(16)2)11-21-17-13(10-19)25-7-4-3-5-14(25)22-17/h3-8,12,16,21H,9,11H2,1-2H3/t12-,16+/m0/s1. The average molecular weight is 349 g/mol. The van der Waals surface area contributed by atoms with Crippen LogP contribution >= 0.6 is 0 Å². The summed E-state index contributed by atoms with van der Waals surface area (Å²) < 4.78 is 3.70. The third-order valence-corrected chi connectivity index (χ3v) is 4.98. The van der Waals surface area contributed by atoms with Crippen molar-refractivity contribution >= 4 is 17.4 Å². The van der Waals surface area contributed by atoms with Crippen LogP contribution in [0.4, 0.5) is 5.82 Å². The lowest BCUT2D eigenvalue weighted by molar-refractivity contribution is -0.127. The van der Waals surface area contributed by atoms with E-state index in [2.05, 4.69) is 21.4 Å². The summed E-state index contributed by atoms with van der Waals surface area (Å²) in [5.41, 5.74) is 1.18. The van der Waals surface area contributed by atoms with Crippen molar-refractivity contribution in [1.82, 2.24) is 23.8 Å². The van der Waals surface area contributed by atoms with Crippen molar-refractivity contribution in [3.63, 3.8) is 0 Å². The summed E-state index contributed by atoms with van der Waals surface area (Å²) in [5, 5.41) is 12.8. The van der Waals surface area contributed by atoms with Gasteiger partial charge in [-0.15, -0.1) is 0 Å². The number of nitrogens with zero attached hydrogens (tertiary/aromatic N) is 6. The predicted molar refractivity (Wildman–Crippen MR) is 95.2 cm³/mol. The number of rotatable bonds is 4. The van der Waals surface area contributed by atoms with Crippen LogP contribution in [-0.4, -0.2) is 43.3 Å². The Hall–Kier alpha value is -3.34. The molecule has 0 saturated carbocycles. The molecule has 1 aliphatic heterocycles. The Bertz CT molecular complexity index is 1010. The van der Waals surface area contributed by atoms with Gasteiger partial charge >= 0.3 is 0 Å². The Morgan fingerprint density at radius 1 is 1.35 bits per heavy atom. The SMILES string of the molecule is CN1C(=O)C[C@@H](CNc2nc3ccccn3c2C#N)[C@@H]1c1nccn1C. The fraction of sp³-hybridized carbons (Fsp3) is 0.333. The maximum atomic E-state index is 12.3.